The van der Waals surface area contributed by atoms with Crippen LogP contribution in [0.5, 0.6) is 0 Å². The molecule has 0 amide bonds. The summed E-state index contributed by atoms with van der Waals surface area (Å²) in [7, 11) is -1.21. The molecule has 3 aromatic carbocycles. The van der Waals surface area contributed by atoms with Gasteiger partial charge in [0.1, 0.15) is 29.5 Å². The second kappa shape index (κ2) is 33.8. The lowest BCUT2D eigenvalue weighted by molar-refractivity contribution is -0.136. The van der Waals surface area contributed by atoms with E-state index >= 15 is 0 Å². The van der Waals surface area contributed by atoms with Crippen LogP contribution < -0.4 is 0 Å². The number of methoxy groups -OCH3 is 1. The Hall–Kier alpha value is -4.11. The molecular weight excluding hydrogens is 1280 g/mol. The van der Waals surface area contributed by atoms with Gasteiger partial charge in [-0.05, 0) is 165 Å². The highest BCUT2D eigenvalue weighted by atomic mass is 33.1. The Morgan fingerprint density at radius 1 is 0.529 bits per heavy atom. The molecule has 6 aliphatic heterocycles. The second-order valence-electron chi connectivity index (χ2n) is 22.0. The number of ether oxygens (including phenoxy) is 1. The third-order valence-electron chi connectivity index (χ3n) is 14.6. The molecule has 3 aromatic rings. The SMILES string of the molecule is CC1=C(C2=CCCCC2)S(=O)OC1.CC1=C(C2=CCCCC2)S(=O)SC1.CC1=C(c2ccc(C(C)(C)C)cc2)S(=O)OC1.COC(=O)C1=C(c2ccccc2)S(=O)SC1.O=C(O)C1=C(C2=CCCCC2)S(=O)SC1.O=S1(=O)OCC=C1c1ccccc1. The molecule has 0 spiro atoms. The topological polar surface area (TPSA) is 211 Å². The summed E-state index contributed by atoms with van der Waals surface area (Å²) >= 11 is -2.47. The van der Waals surface area contributed by atoms with Crippen molar-refractivity contribution in [1.82, 2.24) is 0 Å². The number of carbonyl (C=O) groups excluding carboxylic acids is 1. The summed E-state index contributed by atoms with van der Waals surface area (Å²) < 4.78 is 100. The largest absolute Gasteiger partial charge is 0.478 e. The van der Waals surface area contributed by atoms with E-state index in [2.05, 4.69) is 60.9 Å². The Labute approximate surface area is 536 Å². The average molecular weight is 1360 g/mol. The van der Waals surface area contributed by atoms with E-state index in [1.165, 1.54) is 83.1 Å². The minimum Gasteiger partial charge on any atom is -0.478 e. The molecule has 5 atom stereocenters. The lowest BCUT2D eigenvalue weighted by Crippen LogP contribution is -2.10. The zero-order valence-corrected chi connectivity index (χ0v) is 57.4. The van der Waals surface area contributed by atoms with Gasteiger partial charge in [-0.2, -0.15) is 8.42 Å². The van der Waals surface area contributed by atoms with Crippen LogP contribution in [0.3, 0.4) is 0 Å². The number of rotatable bonds is 8. The highest BCUT2D eigenvalue weighted by molar-refractivity contribution is 8.73. The Morgan fingerprint density at radius 2 is 0.977 bits per heavy atom. The predicted molar refractivity (Wildman–Crippen MR) is 362 cm³/mol. The Balaban J connectivity index is 0.000000150. The molecule has 0 radical (unpaired) electrons. The van der Waals surface area contributed by atoms with Gasteiger partial charge in [-0.15, -0.1) is 0 Å². The normalized spacial score (nSPS) is 24.1. The van der Waals surface area contributed by atoms with Gasteiger partial charge in [0.2, 0.25) is 0 Å². The molecule has 9 aliphatic rings. The van der Waals surface area contributed by atoms with E-state index < -0.39 is 73.7 Å². The summed E-state index contributed by atoms with van der Waals surface area (Å²) in [6, 6.07) is 26.5. The van der Waals surface area contributed by atoms with Crippen LogP contribution in [0.2, 0.25) is 0 Å². The molecule has 6 heterocycles. The lowest BCUT2D eigenvalue weighted by Gasteiger charge is -2.19. The first kappa shape index (κ1) is 70.3. The first-order chi connectivity index (χ1) is 41.6. The van der Waals surface area contributed by atoms with Crippen LogP contribution in [0, 0.1) is 0 Å². The number of carbonyl (C=O) groups is 2. The van der Waals surface area contributed by atoms with E-state index in [0.29, 0.717) is 51.2 Å². The van der Waals surface area contributed by atoms with Crippen molar-refractivity contribution in [2.24, 2.45) is 0 Å². The van der Waals surface area contributed by atoms with Crippen LogP contribution in [-0.4, -0.2) is 90.7 Å². The van der Waals surface area contributed by atoms with Crippen molar-refractivity contribution < 1.29 is 61.4 Å². The molecule has 0 saturated carbocycles. The Bertz CT molecular complexity index is 3500. The van der Waals surface area contributed by atoms with E-state index in [1.807, 2.05) is 68.5 Å². The molecule has 1 N–H and O–H groups in total. The number of hydrogen-bond donors (Lipinski definition) is 1. The minimum absolute atomic E-state index is 0.145. The maximum atomic E-state index is 11.8. The molecule has 0 aromatic heterocycles. The highest BCUT2D eigenvalue weighted by Gasteiger charge is 2.32. The van der Waals surface area contributed by atoms with Gasteiger partial charge in [0.15, 0.2) is 22.2 Å². The van der Waals surface area contributed by atoms with Crippen molar-refractivity contribution in [3.05, 3.63) is 191 Å². The van der Waals surface area contributed by atoms with Crippen molar-refractivity contribution in [3.8, 4) is 0 Å². The van der Waals surface area contributed by atoms with Crippen molar-refractivity contribution in [2.75, 3.05) is 44.2 Å². The first-order valence-electron chi connectivity index (χ1n) is 28.6. The highest BCUT2D eigenvalue weighted by Crippen LogP contribution is 2.41. The number of esters is 1. The zero-order valence-electron chi connectivity index (χ0n) is 50.0. The van der Waals surface area contributed by atoms with Gasteiger partial charge < -0.3 is 9.84 Å². The monoisotopic (exact) mass is 1360 g/mol. The summed E-state index contributed by atoms with van der Waals surface area (Å²) in [5, 5.41) is 9.00. The maximum absolute atomic E-state index is 11.8. The lowest BCUT2D eigenvalue weighted by atomic mass is 9.86. The number of carboxylic acids is 1. The molecule has 3 aliphatic carbocycles. The summed E-state index contributed by atoms with van der Waals surface area (Å²) in [4.78, 5) is 26.9. The first-order valence-corrected chi connectivity index (χ1v) is 40.1. The fourth-order valence-electron chi connectivity index (χ4n) is 10.1. The predicted octanol–water partition coefficient (Wildman–Crippen LogP) is 14.6. The van der Waals surface area contributed by atoms with Gasteiger partial charge in [-0.1, -0.05) is 156 Å². The molecule has 23 heteroatoms. The van der Waals surface area contributed by atoms with Crippen LogP contribution in [0.25, 0.3) is 14.7 Å². The van der Waals surface area contributed by atoms with Crippen molar-refractivity contribution in [2.45, 2.75) is 124 Å². The Kier molecular flexibility index (Phi) is 27.3. The van der Waals surface area contributed by atoms with Crippen molar-refractivity contribution >= 4 is 121 Å². The molecule has 470 valence electrons. The van der Waals surface area contributed by atoms with Gasteiger partial charge in [0.25, 0.3) is 10.1 Å². The van der Waals surface area contributed by atoms with Crippen molar-refractivity contribution in [3.63, 3.8) is 0 Å². The van der Waals surface area contributed by atoms with Gasteiger partial charge in [-0.3, -0.25) is 12.5 Å². The molecule has 0 fully saturated rings. The van der Waals surface area contributed by atoms with E-state index in [-0.39, 0.29) is 16.9 Å². The van der Waals surface area contributed by atoms with Crippen LogP contribution in [0.1, 0.15) is 141 Å². The number of allylic oxidation sites excluding steroid dienone is 6. The average Bonchev–Trinajstić information content (AvgIpc) is 4.34. The molecule has 5 unspecified atom stereocenters. The summed E-state index contributed by atoms with van der Waals surface area (Å²) in [6.07, 6.45) is 21.8. The number of aliphatic carboxylic acids is 1. The molecular formula is C64H76O14S9. The molecule has 12 rings (SSSR count). The van der Waals surface area contributed by atoms with Gasteiger partial charge in [0, 0.05) is 17.3 Å². The maximum Gasteiger partial charge on any atom is 0.335 e. The van der Waals surface area contributed by atoms with Crippen LogP contribution in [0.4, 0.5) is 0 Å². The van der Waals surface area contributed by atoms with E-state index in [1.54, 1.807) is 41.1 Å². The van der Waals surface area contributed by atoms with Gasteiger partial charge in [0.05, 0.1) is 67.5 Å². The molecule has 0 saturated heterocycles. The van der Waals surface area contributed by atoms with Gasteiger partial charge in [-0.25, -0.2) is 30.6 Å². The molecule has 14 nitrogen and oxygen atoms in total. The third-order valence-corrected chi connectivity index (χ3v) is 27.6. The quantitative estimate of drug-likeness (QED) is 0.126. The fraction of sp³-hybridized carbons (Fsp3) is 0.406. The van der Waals surface area contributed by atoms with Crippen LogP contribution in [0.15, 0.2) is 169 Å². The summed E-state index contributed by atoms with van der Waals surface area (Å²) in [6.45, 7) is 13.8. The summed E-state index contributed by atoms with van der Waals surface area (Å²) in [5.74, 6) is 0.462. The molecule has 87 heavy (non-hydrogen) atoms. The number of benzene rings is 3. The van der Waals surface area contributed by atoms with Crippen LogP contribution >= 0.6 is 32.4 Å². The summed E-state index contributed by atoms with van der Waals surface area (Å²) in [5.41, 5.74) is 12.0. The number of carboxylic acid groups (broad SMARTS) is 1. The van der Waals surface area contributed by atoms with Crippen LogP contribution in [-0.2, 0) is 94.1 Å². The molecule has 0 bridgehead atoms. The minimum atomic E-state index is -3.48. The third kappa shape index (κ3) is 19.5. The zero-order chi connectivity index (χ0) is 62.8. The van der Waals surface area contributed by atoms with E-state index in [4.69, 9.17) is 13.5 Å². The number of hydrogen-bond acceptors (Lipinski definition) is 16. The van der Waals surface area contributed by atoms with E-state index in [9.17, 15) is 39.1 Å². The fourth-order valence-corrected chi connectivity index (χ4v) is 22.8. The standard InChI is InChI=1S/C14H18O2S.C11H10O3S2.C10H12O3S2.C10H14O2S.C10H14OS2.C9H8O3S/c1-10-9-16-17(15)13(10)11-5-7-12(8-6-11)14(2,3)4;1-14-11(12)9-7-15-16(13)10(9)8-5-3-2-4-6-8;11-10(12)8-6-14-15(13)9(8)7-4-2-1-3-5-7;2*1-8-7-12-13(11)10(8)9-5-3-2-4-6-9;10-13(11)9(6-7-12-13)8-4-2-1-3-5-8/h5-8H,9H2,1-4H3;2-6H,7H2,1H3;4H,1-3,5-6H2,(H,11,12);2*5H,2-4,6-7H2,1H3;1-6H,7H2. The second-order valence-corrected chi connectivity index (χ2v) is 34.9. The van der Waals surface area contributed by atoms with Gasteiger partial charge >= 0.3 is 11.9 Å². The Morgan fingerprint density at radius 3 is 1.40 bits per heavy atom. The van der Waals surface area contributed by atoms with Crippen molar-refractivity contribution in [1.29, 1.82) is 0 Å². The van der Waals surface area contributed by atoms with E-state index in [0.717, 1.165) is 93.3 Å². The smallest absolute Gasteiger partial charge is 0.335 e.